The van der Waals surface area contributed by atoms with Gasteiger partial charge < -0.3 is 10.2 Å². The molecule has 0 unspecified atom stereocenters. The Kier molecular flexibility index (Phi) is 3.74. The van der Waals surface area contributed by atoms with Gasteiger partial charge in [0.1, 0.15) is 5.69 Å². The maximum absolute atomic E-state index is 12.1. The number of amides is 1. The van der Waals surface area contributed by atoms with Crippen molar-refractivity contribution < 1.29 is 4.79 Å². The maximum Gasteiger partial charge on any atom is 0.272 e. The maximum atomic E-state index is 12.1. The topological polar surface area (TPSA) is 45.2 Å². The number of hydrogen-bond donors (Lipinski definition) is 1. The third-order valence-corrected chi connectivity index (χ3v) is 2.80. The van der Waals surface area contributed by atoms with Gasteiger partial charge in [-0.3, -0.25) is 4.79 Å². The second-order valence-corrected chi connectivity index (χ2v) is 4.19. The SMILES string of the molecule is O=C(c1ccc(Cl)cn1)N1CCCNCC1. The Hall–Kier alpha value is -1.13. The molecule has 0 aromatic carbocycles. The summed E-state index contributed by atoms with van der Waals surface area (Å²) in [6.07, 6.45) is 2.49. The summed E-state index contributed by atoms with van der Waals surface area (Å²) in [4.78, 5) is 17.9. The zero-order chi connectivity index (χ0) is 11.4. The molecule has 1 aliphatic rings. The molecule has 1 amide bonds. The number of rotatable bonds is 1. The monoisotopic (exact) mass is 239 g/mol. The van der Waals surface area contributed by atoms with Gasteiger partial charge in [-0.25, -0.2) is 4.98 Å². The standard InChI is InChI=1S/C11H14ClN3O/c12-9-2-3-10(14-8-9)11(16)15-6-1-4-13-5-7-15/h2-3,8,13H,1,4-7H2. The average molecular weight is 240 g/mol. The summed E-state index contributed by atoms with van der Waals surface area (Å²) >= 11 is 5.73. The summed E-state index contributed by atoms with van der Waals surface area (Å²) < 4.78 is 0. The number of carbonyl (C=O) groups excluding carboxylic acids is 1. The molecule has 0 aliphatic carbocycles. The first-order valence-corrected chi connectivity index (χ1v) is 5.77. The van der Waals surface area contributed by atoms with Crippen molar-refractivity contribution in [1.29, 1.82) is 0 Å². The number of nitrogens with zero attached hydrogens (tertiary/aromatic N) is 2. The number of aromatic nitrogens is 1. The van der Waals surface area contributed by atoms with Crippen molar-refractivity contribution in [1.82, 2.24) is 15.2 Å². The first-order valence-electron chi connectivity index (χ1n) is 5.39. The van der Waals surface area contributed by atoms with E-state index in [2.05, 4.69) is 10.3 Å². The van der Waals surface area contributed by atoms with Gasteiger partial charge in [-0.1, -0.05) is 11.6 Å². The van der Waals surface area contributed by atoms with Gasteiger partial charge in [0, 0.05) is 25.8 Å². The predicted octanol–water partition coefficient (Wildman–Crippen LogP) is 1.17. The second kappa shape index (κ2) is 5.27. The van der Waals surface area contributed by atoms with Crippen molar-refractivity contribution >= 4 is 17.5 Å². The first-order chi connectivity index (χ1) is 7.77. The lowest BCUT2D eigenvalue weighted by Gasteiger charge is -2.19. The number of halogens is 1. The van der Waals surface area contributed by atoms with Crippen molar-refractivity contribution in [3.8, 4) is 0 Å². The number of nitrogens with one attached hydrogen (secondary N) is 1. The van der Waals surface area contributed by atoms with E-state index in [9.17, 15) is 4.79 Å². The highest BCUT2D eigenvalue weighted by Crippen LogP contribution is 2.09. The van der Waals surface area contributed by atoms with Crippen LogP contribution in [0.1, 0.15) is 16.9 Å². The summed E-state index contributed by atoms with van der Waals surface area (Å²) in [7, 11) is 0. The van der Waals surface area contributed by atoms with Gasteiger partial charge >= 0.3 is 0 Å². The minimum Gasteiger partial charge on any atom is -0.336 e. The lowest BCUT2D eigenvalue weighted by Crippen LogP contribution is -2.34. The van der Waals surface area contributed by atoms with E-state index in [1.54, 1.807) is 12.1 Å². The fourth-order valence-electron chi connectivity index (χ4n) is 1.71. The zero-order valence-corrected chi connectivity index (χ0v) is 9.70. The van der Waals surface area contributed by atoms with E-state index in [1.807, 2.05) is 4.90 Å². The molecule has 1 N–H and O–H groups in total. The molecular weight excluding hydrogens is 226 g/mol. The fourth-order valence-corrected chi connectivity index (χ4v) is 1.82. The van der Waals surface area contributed by atoms with E-state index in [1.165, 1.54) is 6.20 Å². The summed E-state index contributed by atoms with van der Waals surface area (Å²) in [6.45, 7) is 3.34. The molecule has 1 saturated heterocycles. The molecule has 0 bridgehead atoms. The Bertz CT molecular complexity index is 358. The normalized spacial score (nSPS) is 16.9. The Morgan fingerprint density at radius 2 is 2.25 bits per heavy atom. The minimum atomic E-state index is -0.0135. The zero-order valence-electron chi connectivity index (χ0n) is 8.95. The van der Waals surface area contributed by atoms with Crippen LogP contribution in [0.4, 0.5) is 0 Å². The smallest absolute Gasteiger partial charge is 0.272 e. The van der Waals surface area contributed by atoms with Gasteiger partial charge in [0.05, 0.1) is 5.02 Å². The molecule has 4 nitrogen and oxygen atoms in total. The second-order valence-electron chi connectivity index (χ2n) is 3.76. The van der Waals surface area contributed by atoms with Crippen molar-refractivity contribution in [3.63, 3.8) is 0 Å². The molecule has 1 fully saturated rings. The average Bonchev–Trinajstić information content (AvgIpc) is 2.57. The van der Waals surface area contributed by atoms with Crippen LogP contribution in [0.3, 0.4) is 0 Å². The molecule has 1 aromatic rings. The highest BCUT2D eigenvalue weighted by molar-refractivity contribution is 6.30. The molecule has 2 rings (SSSR count). The summed E-state index contributed by atoms with van der Waals surface area (Å²) in [5, 5.41) is 3.81. The molecule has 16 heavy (non-hydrogen) atoms. The molecule has 0 saturated carbocycles. The predicted molar refractivity (Wildman–Crippen MR) is 62.6 cm³/mol. The third kappa shape index (κ3) is 2.71. The molecule has 0 radical (unpaired) electrons. The largest absolute Gasteiger partial charge is 0.336 e. The Balaban J connectivity index is 2.08. The number of carbonyl (C=O) groups is 1. The Morgan fingerprint density at radius 1 is 1.38 bits per heavy atom. The highest BCUT2D eigenvalue weighted by Gasteiger charge is 2.17. The van der Waals surface area contributed by atoms with Crippen molar-refractivity contribution in [3.05, 3.63) is 29.0 Å². The molecule has 0 atom stereocenters. The van der Waals surface area contributed by atoms with E-state index in [0.717, 1.165) is 32.6 Å². The van der Waals surface area contributed by atoms with Gasteiger partial charge in [-0.2, -0.15) is 0 Å². The third-order valence-electron chi connectivity index (χ3n) is 2.57. The molecule has 2 heterocycles. The van der Waals surface area contributed by atoms with Gasteiger partial charge in [-0.05, 0) is 25.1 Å². The molecule has 1 aromatic heterocycles. The van der Waals surface area contributed by atoms with Crippen LogP contribution in [-0.4, -0.2) is 42.0 Å². The first kappa shape index (κ1) is 11.4. The van der Waals surface area contributed by atoms with Crippen LogP contribution in [-0.2, 0) is 0 Å². The Labute approximate surface area is 99.6 Å². The Morgan fingerprint density at radius 3 is 3.00 bits per heavy atom. The van der Waals surface area contributed by atoms with Crippen molar-refractivity contribution in [2.24, 2.45) is 0 Å². The van der Waals surface area contributed by atoms with E-state index in [4.69, 9.17) is 11.6 Å². The highest BCUT2D eigenvalue weighted by atomic mass is 35.5. The van der Waals surface area contributed by atoms with Crippen LogP contribution in [0.2, 0.25) is 5.02 Å². The molecule has 0 spiro atoms. The van der Waals surface area contributed by atoms with Gasteiger partial charge in [0.2, 0.25) is 0 Å². The van der Waals surface area contributed by atoms with Crippen LogP contribution >= 0.6 is 11.6 Å². The number of pyridine rings is 1. The summed E-state index contributed by atoms with van der Waals surface area (Å²) in [6, 6.07) is 3.36. The quantitative estimate of drug-likeness (QED) is 0.800. The summed E-state index contributed by atoms with van der Waals surface area (Å²) in [5.74, 6) is -0.0135. The van der Waals surface area contributed by atoms with E-state index >= 15 is 0 Å². The molecule has 1 aliphatic heterocycles. The lowest BCUT2D eigenvalue weighted by molar-refractivity contribution is 0.0760. The lowest BCUT2D eigenvalue weighted by atomic mass is 10.3. The van der Waals surface area contributed by atoms with Gasteiger partial charge in [0.15, 0.2) is 0 Å². The summed E-state index contributed by atoms with van der Waals surface area (Å²) in [5.41, 5.74) is 0.464. The van der Waals surface area contributed by atoms with Crippen LogP contribution in [0.15, 0.2) is 18.3 Å². The van der Waals surface area contributed by atoms with E-state index in [-0.39, 0.29) is 5.91 Å². The van der Waals surface area contributed by atoms with Gasteiger partial charge in [0.25, 0.3) is 5.91 Å². The molecule has 86 valence electrons. The van der Waals surface area contributed by atoms with Crippen molar-refractivity contribution in [2.75, 3.05) is 26.2 Å². The fraction of sp³-hybridized carbons (Fsp3) is 0.455. The van der Waals surface area contributed by atoms with Crippen LogP contribution in [0, 0.1) is 0 Å². The van der Waals surface area contributed by atoms with E-state index in [0.29, 0.717) is 10.7 Å². The van der Waals surface area contributed by atoms with E-state index < -0.39 is 0 Å². The van der Waals surface area contributed by atoms with Crippen LogP contribution in [0.25, 0.3) is 0 Å². The van der Waals surface area contributed by atoms with Crippen LogP contribution in [0.5, 0.6) is 0 Å². The van der Waals surface area contributed by atoms with Gasteiger partial charge in [-0.15, -0.1) is 0 Å². The molecule has 5 heteroatoms. The van der Waals surface area contributed by atoms with Crippen molar-refractivity contribution in [2.45, 2.75) is 6.42 Å². The van der Waals surface area contributed by atoms with Crippen LogP contribution < -0.4 is 5.32 Å². The minimum absolute atomic E-state index is 0.0135. The molecular formula is C11H14ClN3O. The number of hydrogen-bond acceptors (Lipinski definition) is 3.